The first-order chi connectivity index (χ1) is 14.1. The summed E-state index contributed by atoms with van der Waals surface area (Å²) in [7, 11) is 1.62. The van der Waals surface area contributed by atoms with Crippen molar-refractivity contribution < 1.29 is 19.1 Å². The summed E-state index contributed by atoms with van der Waals surface area (Å²) in [4.78, 5) is 24.8. The third-order valence-corrected chi connectivity index (χ3v) is 5.20. The molecule has 7 heteroatoms. The maximum Gasteiger partial charge on any atom is 0.234 e. The molecule has 0 radical (unpaired) electrons. The second-order valence-electron chi connectivity index (χ2n) is 7.01. The van der Waals surface area contributed by atoms with Crippen LogP contribution in [0.25, 0.3) is 17.0 Å². The maximum absolute atomic E-state index is 12.5. The molecule has 1 atom stereocenters. The van der Waals surface area contributed by atoms with Crippen LogP contribution >= 0.6 is 0 Å². The first kappa shape index (κ1) is 17.4. The Labute approximate surface area is 166 Å². The summed E-state index contributed by atoms with van der Waals surface area (Å²) in [6.45, 7) is 0.430. The van der Waals surface area contributed by atoms with E-state index in [4.69, 9.17) is 9.47 Å². The quantitative estimate of drug-likeness (QED) is 0.640. The van der Waals surface area contributed by atoms with E-state index in [0.717, 1.165) is 17.0 Å². The highest BCUT2D eigenvalue weighted by Gasteiger charge is 2.40. The molecule has 2 aromatic carbocycles. The molecule has 0 amide bonds. The lowest BCUT2D eigenvalue weighted by atomic mass is 9.88. The summed E-state index contributed by atoms with van der Waals surface area (Å²) in [5.74, 6) is 0.354. The van der Waals surface area contributed by atoms with Crippen molar-refractivity contribution in [2.75, 3.05) is 7.11 Å². The molecule has 3 aromatic rings. The van der Waals surface area contributed by atoms with Gasteiger partial charge in [-0.2, -0.15) is 0 Å². The Bertz CT molecular complexity index is 1160. The molecule has 0 saturated carbocycles. The number of carbonyl (C=O) groups excluding carboxylic acids is 2. The van der Waals surface area contributed by atoms with E-state index in [2.05, 4.69) is 10.3 Å². The third-order valence-electron chi connectivity index (χ3n) is 5.20. The van der Waals surface area contributed by atoms with Crippen LogP contribution < -0.4 is 4.74 Å². The molecule has 0 bridgehead atoms. The normalized spacial score (nSPS) is 17.8. The monoisotopic (exact) mass is 387 g/mol. The van der Waals surface area contributed by atoms with Crippen molar-refractivity contribution in [3.63, 3.8) is 0 Å². The minimum atomic E-state index is -0.473. The fraction of sp³-hybridized carbons (Fsp3) is 0.182. The Hall–Kier alpha value is -3.74. The number of carbonyl (C=O) groups is 2. The number of aromatic nitrogens is 3. The predicted octanol–water partition coefficient (Wildman–Crippen LogP) is 2.92. The van der Waals surface area contributed by atoms with E-state index in [1.165, 1.54) is 0 Å². The lowest BCUT2D eigenvalue weighted by Gasteiger charge is -2.16. The molecular formula is C22H17N3O4. The first-order valence-corrected chi connectivity index (χ1v) is 9.27. The maximum atomic E-state index is 12.5. The molecule has 0 saturated heterocycles. The van der Waals surface area contributed by atoms with Gasteiger partial charge in [0.25, 0.3) is 0 Å². The fourth-order valence-electron chi connectivity index (χ4n) is 3.75. The van der Waals surface area contributed by atoms with Gasteiger partial charge in [-0.1, -0.05) is 29.5 Å². The Morgan fingerprint density at radius 2 is 1.83 bits per heavy atom. The highest BCUT2D eigenvalue weighted by molar-refractivity contribution is 6.52. The number of nitrogens with zero attached hydrogens (tertiary/aromatic N) is 3. The summed E-state index contributed by atoms with van der Waals surface area (Å²) < 4.78 is 12.9. The van der Waals surface area contributed by atoms with E-state index < -0.39 is 11.6 Å². The lowest BCUT2D eigenvalue weighted by molar-refractivity contribution is -0.112. The van der Waals surface area contributed by atoms with Gasteiger partial charge in [-0.05, 0) is 24.3 Å². The second-order valence-corrected chi connectivity index (χ2v) is 7.01. The number of ether oxygens (including phenoxy) is 2. The minimum absolute atomic E-state index is 0.284. The van der Waals surface area contributed by atoms with Crippen LogP contribution in [0.5, 0.6) is 5.75 Å². The number of benzene rings is 2. The van der Waals surface area contributed by atoms with Crippen LogP contribution in [0, 0.1) is 0 Å². The molecule has 1 aliphatic heterocycles. The summed E-state index contributed by atoms with van der Waals surface area (Å²) in [5.41, 5.74) is 3.21. The zero-order valence-electron chi connectivity index (χ0n) is 15.7. The van der Waals surface area contributed by atoms with Crippen LogP contribution in [0.1, 0.15) is 22.3 Å². The Kier molecular flexibility index (Phi) is 4.01. The average Bonchev–Trinajstić information content (AvgIpc) is 3.40. The van der Waals surface area contributed by atoms with Gasteiger partial charge in [-0.25, -0.2) is 4.68 Å². The number of Topliss-reactive ketones (excluding diaryl/α,β-unsaturated/α-hetero) is 2. The molecule has 5 rings (SSSR count). The van der Waals surface area contributed by atoms with Crippen molar-refractivity contribution in [2.45, 2.75) is 19.1 Å². The summed E-state index contributed by atoms with van der Waals surface area (Å²) >= 11 is 0. The Morgan fingerprint density at radius 1 is 1.07 bits per heavy atom. The SMILES string of the molecule is COc1ccc(-c2cn(CC3CC4=C(O3)c3ccccc3C(=O)C4=O)nn2)cc1. The number of methoxy groups -OCH3 is 1. The van der Waals surface area contributed by atoms with Crippen LogP contribution in [0.15, 0.2) is 60.3 Å². The van der Waals surface area contributed by atoms with Gasteiger partial charge in [-0.15, -0.1) is 5.10 Å². The largest absolute Gasteiger partial charge is 0.497 e. The van der Waals surface area contributed by atoms with E-state index in [1.807, 2.05) is 42.6 Å². The van der Waals surface area contributed by atoms with Gasteiger partial charge < -0.3 is 9.47 Å². The van der Waals surface area contributed by atoms with Gasteiger partial charge in [0.2, 0.25) is 11.6 Å². The molecule has 2 aliphatic rings. The van der Waals surface area contributed by atoms with Crippen molar-refractivity contribution in [1.29, 1.82) is 0 Å². The number of ketones is 2. The molecule has 2 heterocycles. The van der Waals surface area contributed by atoms with Gasteiger partial charge in [0.05, 0.1) is 25.4 Å². The topological polar surface area (TPSA) is 83.3 Å². The van der Waals surface area contributed by atoms with E-state index in [1.54, 1.807) is 23.9 Å². The first-order valence-electron chi connectivity index (χ1n) is 9.27. The number of hydrogen-bond acceptors (Lipinski definition) is 6. The number of hydrogen-bond donors (Lipinski definition) is 0. The molecule has 0 spiro atoms. The smallest absolute Gasteiger partial charge is 0.234 e. The van der Waals surface area contributed by atoms with Gasteiger partial charge in [0.1, 0.15) is 23.3 Å². The fourth-order valence-corrected chi connectivity index (χ4v) is 3.75. The van der Waals surface area contributed by atoms with Gasteiger partial charge in [0.15, 0.2) is 0 Å². The number of rotatable bonds is 4. The summed E-state index contributed by atoms with van der Waals surface area (Å²) in [6, 6.07) is 14.6. The van der Waals surface area contributed by atoms with Gasteiger partial charge in [0, 0.05) is 23.1 Å². The molecule has 7 nitrogen and oxygen atoms in total. The van der Waals surface area contributed by atoms with Crippen molar-refractivity contribution in [3.8, 4) is 17.0 Å². The summed E-state index contributed by atoms with van der Waals surface area (Å²) in [6.07, 6.45) is 1.93. The highest BCUT2D eigenvalue weighted by atomic mass is 16.5. The molecule has 0 N–H and O–H groups in total. The molecule has 0 fully saturated rings. The molecule has 1 unspecified atom stereocenters. The third kappa shape index (κ3) is 2.91. The van der Waals surface area contributed by atoms with Crippen LogP contribution in [-0.2, 0) is 16.1 Å². The van der Waals surface area contributed by atoms with Crippen LogP contribution in [0.2, 0.25) is 0 Å². The van der Waals surface area contributed by atoms with Crippen LogP contribution in [0.4, 0.5) is 0 Å². The average molecular weight is 387 g/mol. The molecule has 29 heavy (non-hydrogen) atoms. The van der Waals surface area contributed by atoms with Crippen molar-refractivity contribution in [2.24, 2.45) is 0 Å². The molecule has 1 aromatic heterocycles. The van der Waals surface area contributed by atoms with Crippen molar-refractivity contribution in [1.82, 2.24) is 15.0 Å². The van der Waals surface area contributed by atoms with E-state index >= 15 is 0 Å². The van der Waals surface area contributed by atoms with Gasteiger partial charge >= 0.3 is 0 Å². The lowest BCUT2D eigenvalue weighted by Crippen LogP contribution is -2.22. The molecular weight excluding hydrogens is 370 g/mol. The zero-order valence-corrected chi connectivity index (χ0v) is 15.7. The predicted molar refractivity (Wildman–Crippen MR) is 104 cm³/mol. The summed E-state index contributed by atoms with van der Waals surface area (Å²) in [5, 5.41) is 8.40. The standard InChI is InChI=1S/C22H17N3O4/c1-28-14-8-6-13(7-9-14)19-12-25(24-23-19)11-15-10-18-21(27)20(26)16-4-2-3-5-17(16)22(18)29-15/h2-9,12,15H,10-11H2,1H3. The minimum Gasteiger partial charge on any atom is -0.497 e. The second kappa shape index (κ2) is 6.70. The van der Waals surface area contributed by atoms with Gasteiger partial charge in [-0.3, -0.25) is 9.59 Å². The van der Waals surface area contributed by atoms with Crippen LogP contribution in [0.3, 0.4) is 0 Å². The number of fused-ring (bicyclic) bond motifs is 2. The zero-order chi connectivity index (χ0) is 20.0. The van der Waals surface area contributed by atoms with E-state index in [-0.39, 0.29) is 6.10 Å². The van der Waals surface area contributed by atoms with Crippen LogP contribution in [-0.4, -0.2) is 39.8 Å². The molecule has 144 valence electrons. The van der Waals surface area contributed by atoms with Crippen molar-refractivity contribution >= 4 is 17.3 Å². The Morgan fingerprint density at radius 3 is 2.59 bits per heavy atom. The highest BCUT2D eigenvalue weighted by Crippen LogP contribution is 2.39. The van der Waals surface area contributed by atoms with Crippen molar-refractivity contribution in [3.05, 3.63) is 71.4 Å². The van der Waals surface area contributed by atoms with E-state index in [9.17, 15) is 9.59 Å². The van der Waals surface area contributed by atoms with E-state index in [0.29, 0.717) is 35.4 Å². The Balaban J connectivity index is 1.35. The molecule has 1 aliphatic carbocycles.